The van der Waals surface area contributed by atoms with Crippen molar-refractivity contribution in [2.45, 2.75) is 13.8 Å². The van der Waals surface area contributed by atoms with E-state index in [1.807, 2.05) is 12.1 Å². The molecule has 1 radical (unpaired) electrons. The van der Waals surface area contributed by atoms with Crippen molar-refractivity contribution in [3.8, 4) is 0 Å². The predicted octanol–water partition coefficient (Wildman–Crippen LogP) is 1.46. The molecule has 0 N–H and O–H groups in total. The first kappa shape index (κ1) is 9.22. The molecule has 0 heterocycles. The molecule has 0 aliphatic carbocycles. The Morgan fingerprint density at radius 3 is 1.78 bits per heavy atom. The molecule has 0 saturated heterocycles. The first-order valence-electron chi connectivity index (χ1n) is 2.73. The molecule has 0 fully saturated rings. The molecule has 0 nitrogen and oxygen atoms in total. The molecule has 0 aliphatic heterocycles. The maximum absolute atomic E-state index is 3.03. The Hall–Kier alpha value is 0.220. The van der Waals surface area contributed by atoms with Gasteiger partial charge in [0.05, 0.1) is 0 Å². The summed E-state index contributed by atoms with van der Waals surface area (Å²) in [6.07, 6.45) is 0. The van der Waals surface area contributed by atoms with Gasteiger partial charge in [0.15, 0.2) is 0 Å². The van der Waals surface area contributed by atoms with Crippen LogP contribution in [0.3, 0.4) is 0 Å². The second-order valence-corrected chi connectivity index (χ2v) is 2.09. The molecule has 0 spiro atoms. The molecular formula is C8H10Na. The van der Waals surface area contributed by atoms with E-state index in [9.17, 15) is 0 Å². The Labute approximate surface area is 78.6 Å². The topological polar surface area (TPSA) is 0 Å². The Bertz CT molecular complexity index is 164. The van der Waals surface area contributed by atoms with Crippen LogP contribution < -0.4 is 0 Å². The van der Waals surface area contributed by atoms with Crippen LogP contribution in [0.15, 0.2) is 18.2 Å². The fraction of sp³-hybridized carbons (Fsp3) is 0.250. The zero-order chi connectivity index (χ0) is 5.98. The van der Waals surface area contributed by atoms with Crippen LogP contribution >= 0.6 is 0 Å². The van der Waals surface area contributed by atoms with Crippen LogP contribution in [-0.2, 0) is 0 Å². The van der Waals surface area contributed by atoms with Crippen LogP contribution in [-0.4, -0.2) is 29.6 Å². The molecule has 0 amide bonds. The molecule has 0 saturated carbocycles. The molecule has 0 atom stereocenters. The van der Waals surface area contributed by atoms with Crippen LogP contribution in [0.2, 0.25) is 0 Å². The zero-order valence-electron chi connectivity index (χ0n) is 5.23. The van der Waals surface area contributed by atoms with Crippen LogP contribution in [0.25, 0.3) is 0 Å². The quantitative estimate of drug-likeness (QED) is 0.465. The normalized spacial score (nSPS) is 8.22. The van der Waals surface area contributed by atoms with Gasteiger partial charge in [0.2, 0.25) is 0 Å². The van der Waals surface area contributed by atoms with E-state index in [1.165, 1.54) is 11.1 Å². The van der Waals surface area contributed by atoms with Gasteiger partial charge < -0.3 is 0 Å². The van der Waals surface area contributed by atoms with Gasteiger partial charge in [-0.3, -0.25) is 0 Å². The zero-order valence-corrected chi connectivity index (χ0v) is 5.23. The van der Waals surface area contributed by atoms with Crippen molar-refractivity contribution in [2.24, 2.45) is 0 Å². The molecule has 9 heavy (non-hydrogen) atoms. The Morgan fingerprint density at radius 1 is 1.11 bits per heavy atom. The second-order valence-electron chi connectivity index (χ2n) is 2.09. The molecule has 1 aromatic rings. The molecule has 1 rings (SSSR count). The molecule has 1 aromatic carbocycles. The Morgan fingerprint density at radius 2 is 1.56 bits per heavy atom. The van der Waals surface area contributed by atoms with Crippen molar-refractivity contribution >= 4 is 29.6 Å². The Balaban J connectivity index is 0.000000640. The number of aryl methyl sites for hydroxylation is 2. The average molecular weight is 129 g/mol. The molecule has 0 unspecified atom stereocenters. The maximum atomic E-state index is 3.03. The number of hydrogen-bond donors (Lipinski definition) is 0. The van der Waals surface area contributed by atoms with E-state index in [0.29, 0.717) is 0 Å². The number of rotatable bonds is 0. The van der Waals surface area contributed by atoms with E-state index < -0.39 is 0 Å². The van der Waals surface area contributed by atoms with Gasteiger partial charge in [0, 0.05) is 0 Å². The number of benzene rings is 1. The molecule has 0 aliphatic rings. The summed E-state index contributed by atoms with van der Waals surface area (Å²) in [6.45, 7) is 4.15. The average Bonchev–Trinajstić information content (AvgIpc) is 1.64. The van der Waals surface area contributed by atoms with Crippen molar-refractivity contribution in [1.29, 1.82) is 0 Å². The molecule has 1 heteroatoms. The molecule has 0 aromatic heterocycles. The van der Waals surface area contributed by atoms with E-state index in [-0.39, 0.29) is 29.6 Å². The minimum absolute atomic E-state index is 0. The standard InChI is InChI=1S/C8H9.Na.H/c1-7-4-3-5-8(2)6-7;;/h4-6H,1-2H3;;. The SMILES string of the molecule is Cc1c[c]cc(C)c1.[NaH]. The first-order valence-corrected chi connectivity index (χ1v) is 2.73. The summed E-state index contributed by atoms with van der Waals surface area (Å²) in [4.78, 5) is 0. The summed E-state index contributed by atoms with van der Waals surface area (Å²) in [5.74, 6) is 0. The van der Waals surface area contributed by atoms with Crippen LogP contribution in [0.5, 0.6) is 0 Å². The van der Waals surface area contributed by atoms with Gasteiger partial charge in [-0.05, 0) is 19.9 Å². The van der Waals surface area contributed by atoms with Crippen molar-refractivity contribution in [3.05, 3.63) is 35.4 Å². The van der Waals surface area contributed by atoms with Crippen molar-refractivity contribution in [3.63, 3.8) is 0 Å². The molecule has 43 valence electrons. The van der Waals surface area contributed by atoms with Crippen LogP contribution in [0.4, 0.5) is 0 Å². The third-order valence-electron chi connectivity index (χ3n) is 1.08. The van der Waals surface area contributed by atoms with Gasteiger partial charge in [-0.1, -0.05) is 29.3 Å². The summed E-state index contributed by atoms with van der Waals surface area (Å²) >= 11 is 0. The van der Waals surface area contributed by atoms with Gasteiger partial charge >= 0.3 is 29.6 Å². The van der Waals surface area contributed by atoms with E-state index in [4.69, 9.17) is 0 Å². The molecular weight excluding hydrogens is 119 g/mol. The van der Waals surface area contributed by atoms with Gasteiger partial charge in [-0.2, -0.15) is 0 Å². The summed E-state index contributed by atoms with van der Waals surface area (Å²) < 4.78 is 0. The first-order chi connectivity index (χ1) is 3.79. The van der Waals surface area contributed by atoms with Crippen molar-refractivity contribution < 1.29 is 0 Å². The summed E-state index contributed by atoms with van der Waals surface area (Å²) in [5.41, 5.74) is 2.56. The third kappa shape index (κ3) is 3.04. The van der Waals surface area contributed by atoms with E-state index in [1.54, 1.807) is 0 Å². The van der Waals surface area contributed by atoms with Gasteiger partial charge in [-0.15, -0.1) is 0 Å². The minimum atomic E-state index is 0. The fourth-order valence-corrected chi connectivity index (χ4v) is 0.747. The summed E-state index contributed by atoms with van der Waals surface area (Å²) in [6, 6.07) is 9.12. The monoisotopic (exact) mass is 129 g/mol. The number of hydrogen-bond acceptors (Lipinski definition) is 0. The Kier molecular flexibility index (Phi) is 4.20. The summed E-state index contributed by atoms with van der Waals surface area (Å²) in [5, 5.41) is 0. The van der Waals surface area contributed by atoms with Crippen molar-refractivity contribution in [1.82, 2.24) is 0 Å². The van der Waals surface area contributed by atoms with Crippen LogP contribution in [0.1, 0.15) is 11.1 Å². The van der Waals surface area contributed by atoms with Gasteiger partial charge in [-0.25, -0.2) is 0 Å². The van der Waals surface area contributed by atoms with Crippen molar-refractivity contribution in [2.75, 3.05) is 0 Å². The predicted molar refractivity (Wildman–Crippen MR) is 41.9 cm³/mol. The summed E-state index contributed by atoms with van der Waals surface area (Å²) in [7, 11) is 0. The van der Waals surface area contributed by atoms with Gasteiger partial charge in [0.25, 0.3) is 0 Å². The molecule has 0 bridgehead atoms. The second kappa shape index (κ2) is 4.10. The van der Waals surface area contributed by atoms with E-state index in [0.717, 1.165) is 0 Å². The van der Waals surface area contributed by atoms with Gasteiger partial charge in [0.1, 0.15) is 0 Å². The third-order valence-corrected chi connectivity index (χ3v) is 1.08. The fourth-order valence-electron chi connectivity index (χ4n) is 0.747. The van der Waals surface area contributed by atoms with Crippen LogP contribution in [0, 0.1) is 19.9 Å². The van der Waals surface area contributed by atoms with E-state index >= 15 is 0 Å². The van der Waals surface area contributed by atoms with E-state index in [2.05, 4.69) is 26.0 Å².